The van der Waals surface area contributed by atoms with Crippen LogP contribution in [-0.4, -0.2) is 30.9 Å². The highest BCUT2D eigenvalue weighted by atomic mass is 16.3. The molecular formula is C20H16BN3O. The molecule has 0 bridgehead atoms. The zero-order valence-corrected chi connectivity index (χ0v) is 14.0. The molecule has 1 aliphatic rings. The van der Waals surface area contributed by atoms with Gasteiger partial charge in [0.1, 0.15) is 5.52 Å². The van der Waals surface area contributed by atoms with E-state index in [0.29, 0.717) is 17.0 Å². The Morgan fingerprint density at radius 1 is 1.20 bits per heavy atom. The van der Waals surface area contributed by atoms with Crippen molar-refractivity contribution in [2.75, 3.05) is 13.1 Å². The van der Waals surface area contributed by atoms with Gasteiger partial charge < -0.3 is 9.23 Å². The lowest BCUT2D eigenvalue weighted by molar-refractivity contribution is 0.497. The number of aryl methyl sites for hydroxylation is 1. The number of benzene rings is 2. The van der Waals surface area contributed by atoms with Gasteiger partial charge in [-0.2, -0.15) is 5.26 Å². The Labute approximate surface area is 147 Å². The summed E-state index contributed by atoms with van der Waals surface area (Å²) in [6.45, 7) is 3.58. The average Bonchev–Trinajstić information content (AvgIpc) is 3.07. The van der Waals surface area contributed by atoms with E-state index in [2.05, 4.69) is 29.3 Å². The molecule has 4 rings (SSSR count). The second kappa shape index (κ2) is 6.23. The summed E-state index contributed by atoms with van der Waals surface area (Å²) in [5.41, 5.74) is 6.41. The van der Waals surface area contributed by atoms with Crippen LogP contribution in [-0.2, 0) is 0 Å². The lowest BCUT2D eigenvalue weighted by Crippen LogP contribution is -2.25. The molecule has 2 aromatic carbocycles. The molecule has 0 fully saturated rings. The number of rotatable bonds is 2. The van der Waals surface area contributed by atoms with E-state index in [1.807, 2.05) is 29.9 Å². The fraction of sp³-hybridized carbons (Fsp3) is 0.200. The first kappa shape index (κ1) is 15.7. The van der Waals surface area contributed by atoms with Crippen LogP contribution in [0.15, 0.2) is 46.9 Å². The van der Waals surface area contributed by atoms with Gasteiger partial charge in [0.15, 0.2) is 13.6 Å². The van der Waals surface area contributed by atoms with Gasteiger partial charge in [-0.15, -0.1) is 0 Å². The van der Waals surface area contributed by atoms with Gasteiger partial charge in [-0.25, -0.2) is 4.98 Å². The van der Waals surface area contributed by atoms with E-state index in [1.54, 1.807) is 6.07 Å². The first-order valence-corrected chi connectivity index (χ1v) is 8.25. The van der Waals surface area contributed by atoms with E-state index in [0.717, 1.165) is 36.2 Å². The van der Waals surface area contributed by atoms with Gasteiger partial charge in [-0.05, 0) is 60.9 Å². The third-order valence-electron chi connectivity index (χ3n) is 4.55. The normalized spacial score (nSPS) is 15.1. The molecule has 1 aromatic heterocycles. The van der Waals surface area contributed by atoms with Crippen molar-refractivity contribution in [3.8, 4) is 17.5 Å². The molecule has 0 amide bonds. The summed E-state index contributed by atoms with van der Waals surface area (Å²) in [6.07, 6.45) is 3.12. The van der Waals surface area contributed by atoms with Gasteiger partial charge in [0.2, 0.25) is 5.89 Å². The Hall–Kier alpha value is -2.84. The third kappa shape index (κ3) is 2.97. The summed E-state index contributed by atoms with van der Waals surface area (Å²) >= 11 is 0. The Bertz CT molecular complexity index is 1010. The van der Waals surface area contributed by atoms with Crippen molar-refractivity contribution in [2.24, 2.45) is 0 Å². The predicted molar refractivity (Wildman–Crippen MR) is 98.8 cm³/mol. The minimum absolute atomic E-state index is 0.575. The third-order valence-corrected chi connectivity index (χ3v) is 4.55. The average molecular weight is 325 g/mol. The van der Waals surface area contributed by atoms with Gasteiger partial charge >= 0.3 is 0 Å². The molecule has 3 aromatic rings. The van der Waals surface area contributed by atoms with Crippen molar-refractivity contribution in [1.29, 1.82) is 5.26 Å². The van der Waals surface area contributed by atoms with Crippen LogP contribution in [0.2, 0.25) is 0 Å². The number of oxazole rings is 1. The molecule has 0 aliphatic carbocycles. The Morgan fingerprint density at radius 3 is 2.64 bits per heavy atom. The molecular weight excluding hydrogens is 309 g/mol. The Kier molecular flexibility index (Phi) is 3.91. The summed E-state index contributed by atoms with van der Waals surface area (Å²) in [4.78, 5) is 6.36. The van der Waals surface area contributed by atoms with Crippen LogP contribution >= 0.6 is 0 Å². The number of nitriles is 1. The van der Waals surface area contributed by atoms with Crippen LogP contribution in [0.3, 0.4) is 0 Å². The second-order valence-electron chi connectivity index (χ2n) is 6.32. The molecule has 5 heteroatoms. The molecule has 2 radical (unpaired) electrons. The van der Waals surface area contributed by atoms with Gasteiger partial charge in [-0.3, -0.25) is 0 Å². The van der Waals surface area contributed by atoms with Crippen molar-refractivity contribution in [3.05, 3.63) is 59.2 Å². The molecule has 0 saturated heterocycles. The monoisotopic (exact) mass is 325 g/mol. The van der Waals surface area contributed by atoms with E-state index < -0.39 is 0 Å². The van der Waals surface area contributed by atoms with Crippen molar-refractivity contribution < 1.29 is 4.42 Å². The number of hydrogen-bond acceptors (Lipinski definition) is 4. The maximum Gasteiger partial charge on any atom is 0.227 e. The van der Waals surface area contributed by atoms with E-state index in [1.165, 1.54) is 11.1 Å². The lowest BCUT2D eigenvalue weighted by atomic mass is 9.97. The van der Waals surface area contributed by atoms with E-state index in [9.17, 15) is 0 Å². The second-order valence-corrected chi connectivity index (χ2v) is 6.32. The van der Waals surface area contributed by atoms with E-state index in [-0.39, 0.29) is 0 Å². The summed E-state index contributed by atoms with van der Waals surface area (Å²) in [7, 11) is 5.79. The highest BCUT2D eigenvalue weighted by molar-refractivity contribution is 6.04. The van der Waals surface area contributed by atoms with Gasteiger partial charge in [-0.1, -0.05) is 18.2 Å². The zero-order valence-electron chi connectivity index (χ0n) is 14.0. The highest BCUT2D eigenvalue weighted by Crippen LogP contribution is 2.29. The molecule has 4 nitrogen and oxygen atoms in total. The molecule has 0 unspecified atom stereocenters. The maximum absolute atomic E-state index is 9.09. The molecule has 0 N–H and O–H groups in total. The van der Waals surface area contributed by atoms with Crippen LogP contribution in [0.5, 0.6) is 0 Å². The van der Waals surface area contributed by atoms with Crippen molar-refractivity contribution >= 4 is 24.7 Å². The minimum atomic E-state index is 0.575. The standard InChI is InChI=1S/C20H16BN3O/c1-13-10-14(12-22)11-18-19(13)25-20(23-18)17-4-2-15(3-5-17)16-6-8-24(21)9-7-16/h2-6,10-11H,7-9H2,1H3. The van der Waals surface area contributed by atoms with E-state index >= 15 is 0 Å². The lowest BCUT2D eigenvalue weighted by Gasteiger charge is -2.22. The fourth-order valence-corrected chi connectivity index (χ4v) is 3.16. The first-order valence-electron chi connectivity index (χ1n) is 8.25. The van der Waals surface area contributed by atoms with Gasteiger partial charge in [0, 0.05) is 12.1 Å². The van der Waals surface area contributed by atoms with Crippen LogP contribution in [0.1, 0.15) is 23.1 Å². The quantitative estimate of drug-likeness (QED) is 0.672. The topological polar surface area (TPSA) is 53.1 Å². The first-order chi connectivity index (χ1) is 12.1. The van der Waals surface area contributed by atoms with Crippen molar-refractivity contribution in [1.82, 2.24) is 9.79 Å². The summed E-state index contributed by atoms with van der Waals surface area (Å²) in [5, 5.41) is 9.09. The molecule has 0 atom stereocenters. The smallest absolute Gasteiger partial charge is 0.227 e. The summed E-state index contributed by atoms with van der Waals surface area (Å²) < 4.78 is 5.93. The Morgan fingerprint density at radius 2 is 1.96 bits per heavy atom. The maximum atomic E-state index is 9.09. The number of nitrogens with zero attached hydrogens (tertiary/aromatic N) is 3. The molecule has 120 valence electrons. The number of hydrogen-bond donors (Lipinski definition) is 0. The van der Waals surface area contributed by atoms with Crippen LogP contribution in [0.25, 0.3) is 28.1 Å². The Balaban J connectivity index is 1.67. The summed E-state index contributed by atoms with van der Waals surface area (Å²) in [6, 6.07) is 14.0. The molecule has 0 saturated carbocycles. The number of fused-ring (bicyclic) bond motifs is 1. The van der Waals surface area contributed by atoms with Crippen molar-refractivity contribution in [3.63, 3.8) is 0 Å². The van der Waals surface area contributed by atoms with Crippen LogP contribution < -0.4 is 0 Å². The predicted octanol–water partition coefficient (Wildman–Crippen LogP) is 3.85. The number of aromatic nitrogens is 1. The molecule has 2 heterocycles. The zero-order chi connectivity index (χ0) is 17.4. The fourth-order valence-electron chi connectivity index (χ4n) is 3.16. The molecule has 25 heavy (non-hydrogen) atoms. The van der Waals surface area contributed by atoms with Gasteiger partial charge in [0.25, 0.3) is 0 Å². The SMILES string of the molecule is [B]N1CC=C(c2ccc(-c3nc4cc(C#N)cc(C)c4o3)cc2)CC1. The highest BCUT2D eigenvalue weighted by Gasteiger charge is 2.13. The minimum Gasteiger partial charge on any atom is -0.436 e. The van der Waals surface area contributed by atoms with Crippen LogP contribution in [0.4, 0.5) is 0 Å². The van der Waals surface area contributed by atoms with Gasteiger partial charge in [0.05, 0.1) is 11.6 Å². The molecule has 0 spiro atoms. The summed E-state index contributed by atoms with van der Waals surface area (Å²) in [5.74, 6) is 0.575. The van der Waals surface area contributed by atoms with E-state index in [4.69, 9.17) is 17.7 Å². The molecule has 1 aliphatic heterocycles. The largest absolute Gasteiger partial charge is 0.436 e. The van der Waals surface area contributed by atoms with Crippen LogP contribution in [0, 0.1) is 18.3 Å². The van der Waals surface area contributed by atoms with Crippen molar-refractivity contribution in [2.45, 2.75) is 13.3 Å².